The van der Waals surface area contributed by atoms with E-state index in [0.29, 0.717) is 24.9 Å². The fourth-order valence-electron chi connectivity index (χ4n) is 3.07. The molecule has 0 radical (unpaired) electrons. The number of nitrogens with zero attached hydrogens (tertiary/aromatic N) is 5. The molecule has 2 aromatic rings. The molecule has 0 aromatic carbocycles. The Morgan fingerprint density at radius 1 is 1.00 bits per heavy atom. The van der Waals surface area contributed by atoms with Gasteiger partial charge in [-0.15, -0.1) is 5.10 Å². The minimum Gasteiger partial charge on any atom is -0.858 e. The molecule has 3 heterocycles. The van der Waals surface area contributed by atoms with Gasteiger partial charge in [0.25, 0.3) is 5.78 Å². The largest absolute Gasteiger partial charge is 0.858 e. The van der Waals surface area contributed by atoms with Crippen LogP contribution in [0.1, 0.15) is 30.5 Å². The van der Waals surface area contributed by atoms with Gasteiger partial charge in [0.15, 0.2) is 0 Å². The molecule has 1 fully saturated rings. The highest BCUT2D eigenvalue weighted by atomic mass is 16.5. The maximum absolute atomic E-state index is 12.6. The van der Waals surface area contributed by atoms with Gasteiger partial charge < -0.3 is 14.7 Å². The second-order valence-electron chi connectivity index (χ2n) is 5.63. The molecule has 112 valence electrons. The van der Waals surface area contributed by atoms with Crippen LogP contribution in [0.15, 0.2) is 0 Å². The highest BCUT2D eigenvalue weighted by Gasteiger charge is 2.19. The van der Waals surface area contributed by atoms with Crippen LogP contribution in [-0.2, 0) is 17.6 Å². The fraction of sp³-hybridized carbons (Fsp3) is 0.643. The lowest BCUT2D eigenvalue weighted by Crippen LogP contribution is -2.36. The molecule has 7 heteroatoms. The number of aromatic nitrogens is 4. The lowest BCUT2D eigenvalue weighted by atomic mass is 10.1. The third-order valence-electron chi connectivity index (χ3n) is 4.25. The molecule has 2 aromatic heterocycles. The Kier molecular flexibility index (Phi) is 3.14. The zero-order valence-electron chi connectivity index (χ0n) is 11.9. The molecular formula is C14H18N5O2-. The molecule has 1 saturated heterocycles. The Balaban J connectivity index is 1.78. The Hall–Kier alpha value is -1.89. The van der Waals surface area contributed by atoms with Crippen LogP contribution in [0.2, 0.25) is 0 Å². The first-order valence-electron chi connectivity index (χ1n) is 7.61. The highest BCUT2D eigenvalue weighted by molar-refractivity contribution is 5.45. The topological polar surface area (TPSA) is 78.6 Å². The lowest BCUT2D eigenvalue weighted by molar-refractivity contribution is -0.278. The molecule has 0 unspecified atom stereocenters. The number of rotatable bonds is 1. The normalized spacial score (nSPS) is 19.5. The van der Waals surface area contributed by atoms with Crippen molar-refractivity contribution in [3.05, 3.63) is 11.3 Å². The number of morpholine rings is 1. The van der Waals surface area contributed by atoms with Crippen LogP contribution in [0, 0.1) is 0 Å². The predicted molar refractivity (Wildman–Crippen MR) is 74.5 cm³/mol. The van der Waals surface area contributed by atoms with E-state index >= 15 is 0 Å². The van der Waals surface area contributed by atoms with Crippen LogP contribution < -0.4 is 10.0 Å². The van der Waals surface area contributed by atoms with Gasteiger partial charge in [0.2, 0.25) is 5.95 Å². The van der Waals surface area contributed by atoms with Crippen LogP contribution in [0.3, 0.4) is 0 Å². The zero-order chi connectivity index (χ0) is 14.2. The fourth-order valence-corrected chi connectivity index (χ4v) is 3.07. The summed E-state index contributed by atoms with van der Waals surface area (Å²) in [5, 5.41) is 17.0. The second-order valence-corrected chi connectivity index (χ2v) is 5.63. The molecular weight excluding hydrogens is 270 g/mol. The number of ether oxygens (including phenoxy) is 1. The van der Waals surface area contributed by atoms with Crippen molar-refractivity contribution >= 4 is 11.7 Å². The standard InChI is InChI=1S/C14H19N5O2/c20-12-10-4-2-1-3-5-11(10)15-13-16-14(17-19(12)13)18-6-8-21-9-7-18/h20H,1-9H2/p-1. The summed E-state index contributed by atoms with van der Waals surface area (Å²) in [5.74, 6) is 0.981. The Bertz CT molecular complexity index is 663. The van der Waals surface area contributed by atoms with Gasteiger partial charge in [-0.2, -0.15) is 4.98 Å². The zero-order valence-corrected chi connectivity index (χ0v) is 11.9. The summed E-state index contributed by atoms with van der Waals surface area (Å²) >= 11 is 0. The number of hydrogen-bond donors (Lipinski definition) is 0. The van der Waals surface area contributed by atoms with Crippen LogP contribution in [0.5, 0.6) is 5.88 Å². The lowest BCUT2D eigenvalue weighted by Gasteiger charge is -2.25. The first-order chi connectivity index (χ1) is 10.3. The Labute approximate surface area is 122 Å². The van der Waals surface area contributed by atoms with Crippen molar-refractivity contribution in [3.63, 3.8) is 0 Å². The van der Waals surface area contributed by atoms with Crippen LogP contribution in [0.4, 0.5) is 5.95 Å². The maximum Gasteiger partial charge on any atom is 0.253 e. The molecule has 21 heavy (non-hydrogen) atoms. The van der Waals surface area contributed by atoms with Crippen molar-refractivity contribution < 1.29 is 9.84 Å². The second kappa shape index (κ2) is 5.14. The number of aryl methyl sites for hydroxylation is 1. The van der Waals surface area contributed by atoms with Crippen molar-refractivity contribution in [2.24, 2.45) is 0 Å². The van der Waals surface area contributed by atoms with E-state index in [1.165, 1.54) is 4.52 Å². The average Bonchev–Trinajstić information content (AvgIpc) is 2.80. The smallest absolute Gasteiger partial charge is 0.253 e. The van der Waals surface area contributed by atoms with E-state index in [0.717, 1.165) is 56.5 Å². The van der Waals surface area contributed by atoms with E-state index in [1.54, 1.807) is 0 Å². The third kappa shape index (κ3) is 2.21. The minimum absolute atomic E-state index is 0.0380. The van der Waals surface area contributed by atoms with Crippen molar-refractivity contribution in [2.75, 3.05) is 31.2 Å². The summed E-state index contributed by atoms with van der Waals surface area (Å²) in [7, 11) is 0. The molecule has 1 aliphatic heterocycles. The van der Waals surface area contributed by atoms with Gasteiger partial charge in [-0.3, -0.25) is 0 Å². The monoisotopic (exact) mass is 288 g/mol. The van der Waals surface area contributed by atoms with E-state index in [1.807, 2.05) is 4.90 Å². The molecule has 2 aliphatic rings. The summed E-state index contributed by atoms with van der Waals surface area (Å²) < 4.78 is 6.70. The third-order valence-corrected chi connectivity index (χ3v) is 4.25. The molecule has 0 bridgehead atoms. The molecule has 0 saturated carbocycles. The van der Waals surface area contributed by atoms with Crippen molar-refractivity contribution in [1.82, 2.24) is 19.6 Å². The van der Waals surface area contributed by atoms with Crippen LogP contribution in [0.25, 0.3) is 5.78 Å². The van der Waals surface area contributed by atoms with Gasteiger partial charge in [-0.1, -0.05) is 6.42 Å². The molecule has 0 N–H and O–H groups in total. The van der Waals surface area contributed by atoms with Gasteiger partial charge in [-0.05, 0) is 37.1 Å². The van der Waals surface area contributed by atoms with Gasteiger partial charge in [0.1, 0.15) is 0 Å². The Morgan fingerprint density at radius 2 is 1.81 bits per heavy atom. The Morgan fingerprint density at radius 3 is 2.67 bits per heavy atom. The summed E-state index contributed by atoms with van der Waals surface area (Å²) in [6.45, 7) is 2.85. The first kappa shape index (κ1) is 12.8. The van der Waals surface area contributed by atoms with Gasteiger partial charge in [0.05, 0.1) is 13.2 Å². The maximum atomic E-state index is 12.6. The van der Waals surface area contributed by atoms with E-state index < -0.39 is 0 Å². The van der Waals surface area contributed by atoms with Gasteiger partial charge in [-0.25, -0.2) is 9.50 Å². The molecule has 0 amide bonds. The van der Waals surface area contributed by atoms with Crippen molar-refractivity contribution in [2.45, 2.75) is 32.1 Å². The van der Waals surface area contributed by atoms with Crippen LogP contribution in [-0.4, -0.2) is 45.9 Å². The molecule has 0 spiro atoms. The van der Waals surface area contributed by atoms with E-state index in [2.05, 4.69) is 15.1 Å². The van der Waals surface area contributed by atoms with E-state index in [4.69, 9.17) is 4.74 Å². The van der Waals surface area contributed by atoms with Gasteiger partial charge in [0, 0.05) is 18.8 Å². The van der Waals surface area contributed by atoms with Gasteiger partial charge >= 0.3 is 0 Å². The van der Waals surface area contributed by atoms with E-state index in [-0.39, 0.29) is 5.88 Å². The molecule has 0 atom stereocenters. The molecule has 1 aliphatic carbocycles. The van der Waals surface area contributed by atoms with Crippen LogP contribution >= 0.6 is 0 Å². The summed E-state index contributed by atoms with van der Waals surface area (Å²) in [4.78, 5) is 11.1. The first-order valence-corrected chi connectivity index (χ1v) is 7.61. The number of fused-ring (bicyclic) bond motifs is 2. The molecule has 7 nitrogen and oxygen atoms in total. The van der Waals surface area contributed by atoms with E-state index in [9.17, 15) is 5.11 Å². The van der Waals surface area contributed by atoms with Crippen molar-refractivity contribution in [1.29, 1.82) is 0 Å². The molecule has 4 rings (SSSR count). The highest BCUT2D eigenvalue weighted by Crippen LogP contribution is 2.26. The number of hydrogen-bond acceptors (Lipinski definition) is 6. The summed E-state index contributed by atoms with van der Waals surface area (Å²) in [5.41, 5.74) is 1.75. The van der Waals surface area contributed by atoms with Crippen molar-refractivity contribution in [3.8, 4) is 5.88 Å². The summed E-state index contributed by atoms with van der Waals surface area (Å²) in [6, 6.07) is 0. The summed E-state index contributed by atoms with van der Waals surface area (Å²) in [6.07, 6.45) is 5.00. The minimum atomic E-state index is -0.0380. The number of anilines is 1. The quantitative estimate of drug-likeness (QED) is 0.702. The SMILES string of the molecule is [O-]c1c2c(nc3nc(N4CCOCC4)nn13)CCCCC2. The average molecular weight is 288 g/mol. The predicted octanol–water partition coefficient (Wildman–Crippen LogP) is 0.303.